The number of rotatable bonds is 0. The van der Waals surface area contributed by atoms with Crippen LogP contribution in [0.4, 0.5) is 5.69 Å². The van der Waals surface area contributed by atoms with E-state index >= 15 is 0 Å². The maximum atomic E-state index is 3.60. The van der Waals surface area contributed by atoms with Crippen LogP contribution in [0.5, 0.6) is 0 Å². The minimum Gasteiger partial charge on any atom is -0.366 e. The predicted octanol–water partition coefficient (Wildman–Crippen LogP) is 2.08. The number of anilines is 1. The Bertz CT molecular complexity index is 388. The molecule has 2 atom stereocenters. The number of hydrogen-bond donors (Lipinski definition) is 2. The van der Waals surface area contributed by atoms with Crippen molar-refractivity contribution in [1.29, 1.82) is 0 Å². The minimum absolute atomic E-state index is 0.0523. The molecule has 1 aromatic carbocycles. The van der Waals surface area contributed by atoms with Crippen LogP contribution in [-0.2, 0) is 5.41 Å². The molecule has 0 aromatic heterocycles. The second-order valence-corrected chi connectivity index (χ2v) is 4.80. The maximum absolute atomic E-state index is 3.60. The summed E-state index contributed by atoms with van der Waals surface area (Å²) in [5.41, 5.74) is 3.07. The Labute approximate surface area is 84.7 Å². The summed E-state index contributed by atoms with van der Waals surface area (Å²) in [4.78, 5) is 0. The van der Waals surface area contributed by atoms with Gasteiger partial charge in [0.2, 0.25) is 0 Å². The summed E-state index contributed by atoms with van der Waals surface area (Å²) >= 11 is 0. The van der Waals surface area contributed by atoms with Crippen molar-refractivity contribution in [3.63, 3.8) is 0 Å². The molecule has 14 heavy (non-hydrogen) atoms. The van der Waals surface area contributed by atoms with E-state index in [0.29, 0.717) is 0 Å². The summed E-state index contributed by atoms with van der Waals surface area (Å²) < 4.78 is 0. The van der Waals surface area contributed by atoms with E-state index in [2.05, 4.69) is 48.7 Å². The third-order valence-corrected chi connectivity index (χ3v) is 4.11. The van der Waals surface area contributed by atoms with E-state index in [1.165, 1.54) is 17.7 Å². The number of hydrogen-bond acceptors (Lipinski definition) is 2. The van der Waals surface area contributed by atoms with Crippen molar-refractivity contribution in [3.05, 3.63) is 29.8 Å². The van der Waals surface area contributed by atoms with E-state index in [1.54, 1.807) is 0 Å². The molecule has 0 saturated carbocycles. The van der Waals surface area contributed by atoms with Gasteiger partial charge in [-0.3, -0.25) is 5.32 Å². The SMILES string of the molecule is CC12NCCC1(C)c1ccccc1N2. The van der Waals surface area contributed by atoms with Crippen molar-refractivity contribution in [1.82, 2.24) is 5.32 Å². The lowest BCUT2D eigenvalue weighted by atomic mass is 9.75. The molecule has 2 nitrogen and oxygen atoms in total. The fraction of sp³-hybridized carbons (Fsp3) is 0.500. The van der Waals surface area contributed by atoms with Gasteiger partial charge in [-0.05, 0) is 31.5 Å². The highest BCUT2D eigenvalue weighted by Gasteiger charge is 2.54. The van der Waals surface area contributed by atoms with Gasteiger partial charge in [-0.1, -0.05) is 25.1 Å². The van der Waals surface area contributed by atoms with E-state index in [-0.39, 0.29) is 11.1 Å². The molecule has 1 aromatic rings. The Kier molecular flexibility index (Phi) is 1.37. The third-order valence-electron chi connectivity index (χ3n) is 4.11. The molecule has 2 aliphatic rings. The number of para-hydroxylation sites is 1. The zero-order chi connectivity index (χ0) is 9.81. The smallest absolute Gasteiger partial charge is 0.0950 e. The largest absolute Gasteiger partial charge is 0.366 e. The second-order valence-electron chi connectivity index (χ2n) is 4.80. The first-order valence-electron chi connectivity index (χ1n) is 5.28. The van der Waals surface area contributed by atoms with Crippen LogP contribution in [0, 0.1) is 0 Å². The zero-order valence-corrected chi connectivity index (χ0v) is 8.72. The molecular weight excluding hydrogens is 172 g/mol. The fourth-order valence-corrected chi connectivity index (χ4v) is 2.94. The Morgan fingerprint density at radius 2 is 2.00 bits per heavy atom. The summed E-state index contributed by atoms with van der Waals surface area (Å²) in [5.74, 6) is 0. The van der Waals surface area contributed by atoms with Gasteiger partial charge in [0.25, 0.3) is 0 Å². The normalized spacial score (nSPS) is 39.0. The standard InChI is InChI=1S/C12H16N2/c1-11-7-8-13-12(11,2)14-10-6-4-3-5-9(10)11/h3-6,13-14H,7-8H2,1-2H3. The van der Waals surface area contributed by atoms with Gasteiger partial charge in [-0.25, -0.2) is 0 Å². The number of benzene rings is 1. The fourth-order valence-electron chi connectivity index (χ4n) is 2.94. The summed E-state index contributed by atoms with van der Waals surface area (Å²) in [7, 11) is 0. The van der Waals surface area contributed by atoms with E-state index in [1.807, 2.05) is 0 Å². The first-order valence-corrected chi connectivity index (χ1v) is 5.28. The quantitative estimate of drug-likeness (QED) is 0.651. The topological polar surface area (TPSA) is 24.1 Å². The monoisotopic (exact) mass is 188 g/mol. The zero-order valence-electron chi connectivity index (χ0n) is 8.72. The highest BCUT2D eigenvalue weighted by molar-refractivity contribution is 5.64. The summed E-state index contributed by atoms with van der Waals surface area (Å²) in [5, 5.41) is 7.17. The molecule has 1 saturated heterocycles. The highest BCUT2D eigenvalue weighted by atomic mass is 15.3. The molecule has 2 heteroatoms. The van der Waals surface area contributed by atoms with Gasteiger partial charge in [0.1, 0.15) is 0 Å². The van der Waals surface area contributed by atoms with Gasteiger partial charge >= 0.3 is 0 Å². The Balaban J connectivity index is 2.22. The van der Waals surface area contributed by atoms with Crippen LogP contribution in [0.15, 0.2) is 24.3 Å². The van der Waals surface area contributed by atoms with E-state index in [0.717, 1.165) is 6.54 Å². The van der Waals surface area contributed by atoms with E-state index in [4.69, 9.17) is 0 Å². The number of nitrogens with one attached hydrogen (secondary N) is 2. The van der Waals surface area contributed by atoms with Crippen molar-refractivity contribution in [2.45, 2.75) is 31.3 Å². The lowest BCUT2D eigenvalue weighted by Gasteiger charge is -2.34. The average Bonchev–Trinajstić information content (AvgIpc) is 2.54. The van der Waals surface area contributed by atoms with Crippen LogP contribution in [0.25, 0.3) is 0 Å². The van der Waals surface area contributed by atoms with Crippen molar-refractivity contribution in [2.24, 2.45) is 0 Å². The molecule has 0 radical (unpaired) electrons. The third kappa shape index (κ3) is 0.758. The molecule has 0 spiro atoms. The Hall–Kier alpha value is -1.02. The molecule has 0 aliphatic carbocycles. The molecule has 2 heterocycles. The second kappa shape index (κ2) is 2.31. The van der Waals surface area contributed by atoms with Crippen LogP contribution in [0.1, 0.15) is 25.8 Å². The summed E-state index contributed by atoms with van der Waals surface area (Å²) in [6.45, 7) is 5.72. The molecule has 74 valence electrons. The molecule has 2 aliphatic heterocycles. The first-order chi connectivity index (χ1) is 6.66. The van der Waals surface area contributed by atoms with Crippen LogP contribution >= 0.6 is 0 Å². The Morgan fingerprint density at radius 1 is 1.21 bits per heavy atom. The van der Waals surface area contributed by atoms with Crippen LogP contribution in [0.3, 0.4) is 0 Å². The van der Waals surface area contributed by atoms with Gasteiger partial charge in [-0.2, -0.15) is 0 Å². The lowest BCUT2D eigenvalue weighted by molar-refractivity contribution is 0.332. The van der Waals surface area contributed by atoms with Crippen molar-refractivity contribution < 1.29 is 0 Å². The molecule has 2 unspecified atom stereocenters. The van der Waals surface area contributed by atoms with Gasteiger partial charge in [0.15, 0.2) is 0 Å². The van der Waals surface area contributed by atoms with E-state index in [9.17, 15) is 0 Å². The van der Waals surface area contributed by atoms with Gasteiger partial charge < -0.3 is 5.32 Å². The predicted molar refractivity (Wildman–Crippen MR) is 58.4 cm³/mol. The Morgan fingerprint density at radius 3 is 2.86 bits per heavy atom. The van der Waals surface area contributed by atoms with Crippen LogP contribution in [-0.4, -0.2) is 12.2 Å². The lowest BCUT2D eigenvalue weighted by Crippen LogP contribution is -2.52. The van der Waals surface area contributed by atoms with Gasteiger partial charge in [0.05, 0.1) is 5.66 Å². The first kappa shape index (κ1) is 8.30. The van der Waals surface area contributed by atoms with Crippen molar-refractivity contribution in [2.75, 3.05) is 11.9 Å². The van der Waals surface area contributed by atoms with Crippen LogP contribution < -0.4 is 10.6 Å². The molecule has 1 fully saturated rings. The van der Waals surface area contributed by atoms with Crippen LogP contribution in [0.2, 0.25) is 0 Å². The average molecular weight is 188 g/mol. The molecule has 3 rings (SSSR count). The summed E-state index contributed by atoms with van der Waals surface area (Å²) in [6, 6.07) is 8.65. The molecule has 0 amide bonds. The maximum Gasteiger partial charge on any atom is 0.0950 e. The number of fused-ring (bicyclic) bond motifs is 3. The van der Waals surface area contributed by atoms with E-state index < -0.39 is 0 Å². The van der Waals surface area contributed by atoms with Gasteiger partial charge in [-0.15, -0.1) is 0 Å². The molecule has 0 bridgehead atoms. The van der Waals surface area contributed by atoms with Crippen molar-refractivity contribution in [3.8, 4) is 0 Å². The molecule has 2 N–H and O–H groups in total. The summed E-state index contributed by atoms with van der Waals surface area (Å²) in [6.07, 6.45) is 1.22. The van der Waals surface area contributed by atoms with Crippen molar-refractivity contribution >= 4 is 5.69 Å². The van der Waals surface area contributed by atoms with Gasteiger partial charge in [0, 0.05) is 11.1 Å². The minimum atomic E-state index is 0.0523. The highest BCUT2D eigenvalue weighted by Crippen LogP contribution is 2.50. The molecular formula is C12H16N2.